The first-order valence-electron chi connectivity index (χ1n) is 11.5. The number of hydrogen-bond acceptors (Lipinski definition) is 7. The van der Waals surface area contributed by atoms with Gasteiger partial charge in [-0.1, -0.05) is 25.4 Å². The van der Waals surface area contributed by atoms with Crippen molar-refractivity contribution in [2.45, 2.75) is 45.3 Å². The van der Waals surface area contributed by atoms with E-state index in [0.29, 0.717) is 60.7 Å². The van der Waals surface area contributed by atoms with Crippen LogP contribution in [0.5, 0.6) is 5.75 Å². The molecular formula is C24H32ClFN4O3S. The summed E-state index contributed by atoms with van der Waals surface area (Å²) in [7, 11) is 3.16. The molecule has 34 heavy (non-hydrogen) atoms. The van der Waals surface area contributed by atoms with Crippen molar-refractivity contribution in [2.75, 3.05) is 45.9 Å². The zero-order valence-electron chi connectivity index (χ0n) is 20.1. The van der Waals surface area contributed by atoms with Crippen molar-refractivity contribution < 1.29 is 18.6 Å². The largest absolute Gasteiger partial charge is 0.497 e. The molecule has 0 amide bonds. The second kappa shape index (κ2) is 12.5. The van der Waals surface area contributed by atoms with E-state index in [1.807, 2.05) is 30.9 Å². The van der Waals surface area contributed by atoms with Gasteiger partial charge in [0.2, 0.25) is 0 Å². The molecule has 186 valence electrons. The Bertz CT molecular complexity index is 997. The van der Waals surface area contributed by atoms with E-state index >= 15 is 0 Å². The predicted molar refractivity (Wildman–Crippen MR) is 137 cm³/mol. The average Bonchev–Trinajstić information content (AvgIpc) is 3.25. The Balaban J connectivity index is 1.91. The zero-order valence-corrected chi connectivity index (χ0v) is 21.6. The number of nitrogens with zero attached hydrogens (tertiary/aromatic N) is 3. The average molecular weight is 511 g/mol. The number of ether oxygens (including phenoxy) is 3. The molecule has 7 nitrogen and oxygen atoms in total. The van der Waals surface area contributed by atoms with E-state index in [1.165, 1.54) is 0 Å². The molecule has 0 spiro atoms. The normalized spacial score (nSPS) is 17.6. The molecular weight excluding hydrogens is 479 g/mol. The lowest BCUT2D eigenvalue weighted by Gasteiger charge is -2.23. The van der Waals surface area contributed by atoms with Crippen LogP contribution in [-0.2, 0) is 22.3 Å². The van der Waals surface area contributed by atoms with E-state index in [-0.39, 0.29) is 12.1 Å². The van der Waals surface area contributed by atoms with Crippen molar-refractivity contribution in [3.05, 3.63) is 34.6 Å². The fourth-order valence-electron chi connectivity index (χ4n) is 3.97. The Kier molecular flexibility index (Phi) is 9.67. The number of halogens is 2. The van der Waals surface area contributed by atoms with E-state index in [4.69, 9.17) is 48.0 Å². The molecule has 2 aromatic rings. The number of benzene rings is 1. The SMILES string of the molecule is CCc1nc(-c2ccc(OC)cc2Cl)c(CC)nc1N[C@@H]1CN(C(=S)OC)C[C@@H]1OCCCF. The van der Waals surface area contributed by atoms with E-state index in [0.717, 1.165) is 22.6 Å². The Morgan fingerprint density at radius 3 is 2.59 bits per heavy atom. The van der Waals surface area contributed by atoms with Crippen LogP contribution in [0.2, 0.25) is 5.02 Å². The van der Waals surface area contributed by atoms with Crippen molar-refractivity contribution in [3.63, 3.8) is 0 Å². The molecule has 1 fully saturated rings. The third-order valence-electron chi connectivity index (χ3n) is 5.77. The van der Waals surface area contributed by atoms with E-state index < -0.39 is 6.67 Å². The van der Waals surface area contributed by atoms with Crippen LogP contribution in [0.15, 0.2) is 18.2 Å². The number of nitrogens with one attached hydrogen (secondary N) is 1. The Labute approximate surface area is 211 Å². The summed E-state index contributed by atoms with van der Waals surface area (Å²) in [6, 6.07) is 5.45. The monoisotopic (exact) mass is 510 g/mol. The number of rotatable bonds is 10. The summed E-state index contributed by atoms with van der Waals surface area (Å²) in [5, 5.41) is 4.50. The van der Waals surface area contributed by atoms with Gasteiger partial charge in [0.15, 0.2) is 0 Å². The smallest absolute Gasteiger partial charge is 0.259 e. The van der Waals surface area contributed by atoms with Gasteiger partial charge < -0.3 is 24.4 Å². The summed E-state index contributed by atoms with van der Waals surface area (Å²) in [5.74, 6) is 1.40. The topological polar surface area (TPSA) is 68.7 Å². The van der Waals surface area contributed by atoms with Crippen LogP contribution in [0.25, 0.3) is 11.3 Å². The lowest BCUT2D eigenvalue weighted by molar-refractivity contribution is 0.0522. The van der Waals surface area contributed by atoms with Crippen molar-refractivity contribution in [3.8, 4) is 17.0 Å². The first kappa shape index (κ1) is 26.4. The highest BCUT2D eigenvalue weighted by Crippen LogP contribution is 2.33. The van der Waals surface area contributed by atoms with Crippen LogP contribution < -0.4 is 10.1 Å². The molecule has 2 heterocycles. The Morgan fingerprint density at radius 1 is 1.21 bits per heavy atom. The predicted octanol–water partition coefficient (Wildman–Crippen LogP) is 4.70. The van der Waals surface area contributed by atoms with Crippen LogP contribution in [0, 0.1) is 0 Å². The quantitative estimate of drug-likeness (QED) is 0.364. The molecule has 3 rings (SSSR count). The van der Waals surface area contributed by atoms with Gasteiger partial charge in [-0.05, 0) is 49.7 Å². The zero-order chi connectivity index (χ0) is 24.7. The van der Waals surface area contributed by atoms with Crippen molar-refractivity contribution in [2.24, 2.45) is 0 Å². The van der Waals surface area contributed by atoms with Crippen molar-refractivity contribution in [1.29, 1.82) is 0 Å². The van der Waals surface area contributed by atoms with Crippen molar-refractivity contribution in [1.82, 2.24) is 14.9 Å². The molecule has 0 unspecified atom stereocenters. The van der Waals surface area contributed by atoms with Crippen LogP contribution in [0.3, 0.4) is 0 Å². The second-order valence-corrected chi connectivity index (χ2v) is 8.70. The molecule has 0 radical (unpaired) electrons. The molecule has 0 saturated carbocycles. The number of alkyl halides is 1. The Morgan fingerprint density at radius 2 is 1.97 bits per heavy atom. The molecule has 1 aromatic carbocycles. The summed E-state index contributed by atoms with van der Waals surface area (Å²) in [6.07, 6.45) is 1.53. The van der Waals surface area contributed by atoms with E-state index in [2.05, 4.69) is 5.32 Å². The molecule has 1 N–H and O–H groups in total. The molecule has 1 saturated heterocycles. The van der Waals surface area contributed by atoms with Gasteiger partial charge in [0, 0.05) is 25.3 Å². The molecule has 1 aliphatic rings. The van der Waals surface area contributed by atoms with Gasteiger partial charge in [-0.2, -0.15) is 0 Å². The van der Waals surface area contributed by atoms with E-state index in [1.54, 1.807) is 20.3 Å². The van der Waals surface area contributed by atoms with Gasteiger partial charge in [0.05, 0.1) is 55.1 Å². The van der Waals surface area contributed by atoms with Gasteiger partial charge in [-0.25, -0.2) is 9.97 Å². The van der Waals surface area contributed by atoms with Gasteiger partial charge in [-0.15, -0.1) is 0 Å². The fourth-order valence-corrected chi connectivity index (χ4v) is 4.38. The van der Waals surface area contributed by atoms with Gasteiger partial charge in [0.1, 0.15) is 11.6 Å². The number of thiocarbonyl (C=S) groups is 1. The maximum absolute atomic E-state index is 12.6. The highest BCUT2D eigenvalue weighted by molar-refractivity contribution is 7.80. The number of hydrogen-bond donors (Lipinski definition) is 1. The molecule has 2 atom stereocenters. The highest BCUT2D eigenvalue weighted by Gasteiger charge is 2.36. The highest BCUT2D eigenvalue weighted by atomic mass is 35.5. The van der Waals surface area contributed by atoms with Crippen LogP contribution >= 0.6 is 23.8 Å². The van der Waals surface area contributed by atoms with Crippen molar-refractivity contribution >= 4 is 34.8 Å². The molecule has 0 aliphatic carbocycles. The first-order chi connectivity index (χ1) is 16.4. The Hall–Kier alpha value is -2.23. The lowest BCUT2D eigenvalue weighted by atomic mass is 10.1. The number of aromatic nitrogens is 2. The van der Waals surface area contributed by atoms with Gasteiger partial charge >= 0.3 is 0 Å². The minimum absolute atomic E-state index is 0.104. The minimum atomic E-state index is -0.411. The number of anilines is 1. The van der Waals surface area contributed by atoms with Gasteiger partial charge in [-0.3, -0.25) is 4.39 Å². The molecule has 1 aliphatic heterocycles. The van der Waals surface area contributed by atoms with Gasteiger partial charge in [0.25, 0.3) is 5.17 Å². The number of aryl methyl sites for hydroxylation is 2. The van der Waals surface area contributed by atoms with Crippen LogP contribution in [0.4, 0.5) is 10.2 Å². The summed E-state index contributed by atoms with van der Waals surface area (Å²) in [6.45, 7) is 5.16. The third-order valence-corrected chi connectivity index (χ3v) is 6.51. The third kappa shape index (κ3) is 6.06. The molecule has 10 heteroatoms. The summed E-state index contributed by atoms with van der Waals surface area (Å²) >= 11 is 11.9. The van der Waals surface area contributed by atoms with Crippen LogP contribution in [0.1, 0.15) is 31.7 Å². The fraction of sp³-hybridized carbons (Fsp3) is 0.542. The molecule has 0 bridgehead atoms. The summed E-state index contributed by atoms with van der Waals surface area (Å²) < 4.78 is 29.1. The molecule has 1 aromatic heterocycles. The first-order valence-corrected chi connectivity index (χ1v) is 12.2. The summed E-state index contributed by atoms with van der Waals surface area (Å²) in [4.78, 5) is 11.8. The maximum Gasteiger partial charge on any atom is 0.259 e. The summed E-state index contributed by atoms with van der Waals surface area (Å²) in [5.41, 5.74) is 3.25. The van der Waals surface area contributed by atoms with Crippen LogP contribution in [-0.4, -0.2) is 72.8 Å². The second-order valence-electron chi connectivity index (χ2n) is 7.94. The van der Waals surface area contributed by atoms with E-state index in [9.17, 15) is 4.39 Å². The lowest BCUT2D eigenvalue weighted by Crippen LogP contribution is -2.35. The number of likely N-dealkylation sites (tertiary alicyclic amines) is 1. The minimum Gasteiger partial charge on any atom is -0.497 e. The maximum atomic E-state index is 12.6. The standard InChI is InChI=1S/C24H32ClFN4O3S/c1-5-18-22(16-9-8-15(31-3)12-17(16)25)27-19(6-2)23(28-18)29-20-13-30(24(34)32-4)14-21(20)33-11-7-10-26/h8-9,12,20-21H,5-7,10-11,13-14H2,1-4H3,(H,28,29)/t20-,21+/m1/s1. The number of methoxy groups -OCH3 is 2.